The summed E-state index contributed by atoms with van der Waals surface area (Å²) in [7, 11) is 0. The lowest BCUT2D eigenvalue weighted by molar-refractivity contribution is 0.608. The molecule has 11 aromatic rings. The van der Waals surface area contributed by atoms with Crippen LogP contribution in [0.1, 0.15) is 0 Å². The van der Waals surface area contributed by atoms with E-state index >= 15 is 0 Å². The Morgan fingerprint density at radius 1 is 0.333 bits per heavy atom. The molecule has 0 N–H and O–H groups in total. The predicted octanol–water partition coefficient (Wildman–Crippen LogP) is 14.1. The van der Waals surface area contributed by atoms with Gasteiger partial charge in [-0.25, -0.2) is 0 Å². The van der Waals surface area contributed by atoms with Crippen LogP contribution in [-0.2, 0) is 0 Å². The van der Waals surface area contributed by atoms with Crippen LogP contribution in [0.4, 0.5) is 34.8 Å². The van der Waals surface area contributed by atoms with Crippen LogP contribution in [-0.4, -0.2) is 9.97 Å². The largest absolute Gasteiger partial charge is 0.456 e. The SMILES string of the molecule is c1ccc(N(c2ccc(-c3ccc4oc5cccc(-c6ccc(N(c7ccccc7)c7nc8ccccc8o7)cc6)c5c4c3)cc2)c2nc3ccccc3o2)cc1. The van der Waals surface area contributed by atoms with Crippen LogP contribution in [0, 0.1) is 0 Å². The highest BCUT2D eigenvalue weighted by Gasteiger charge is 2.21. The van der Waals surface area contributed by atoms with Crippen LogP contribution in [0.2, 0.25) is 0 Å². The molecule has 0 fully saturated rings. The van der Waals surface area contributed by atoms with Crippen molar-refractivity contribution in [3.63, 3.8) is 0 Å². The number of oxazole rings is 2. The fourth-order valence-corrected chi connectivity index (χ4v) is 7.65. The number of anilines is 6. The van der Waals surface area contributed by atoms with E-state index in [1.54, 1.807) is 0 Å². The van der Waals surface area contributed by atoms with Crippen molar-refractivity contribution in [1.82, 2.24) is 9.97 Å². The van der Waals surface area contributed by atoms with Crippen molar-refractivity contribution in [2.24, 2.45) is 0 Å². The Labute approximate surface area is 327 Å². The van der Waals surface area contributed by atoms with Crippen molar-refractivity contribution in [1.29, 1.82) is 0 Å². The van der Waals surface area contributed by atoms with Crippen molar-refractivity contribution < 1.29 is 13.3 Å². The highest BCUT2D eigenvalue weighted by molar-refractivity contribution is 6.13. The van der Waals surface area contributed by atoms with E-state index in [1.807, 2.05) is 101 Å². The molecular weight excluding hydrogens is 705 g/mol. The zero-order valence-electron chi connectivity index (χ0n) is 30.5. The maximum Gasteiger partial charge on any atom is 0.307 e. The summed E-state index contributed by atoms with van der Waals surface area (Å²) in [6, 6.07) is 66.7. The molecule has 0 spiro atoms. The minimum absolute atomic E-state index is 0.512. The molecule has 0 radical (unpaired) electrons. The molecule has 0 aliphatic rings. The Balaban J connectivity index is 0.954. The maximum absolute atomic E-state index is 6.43. The van der Waals surface area contributed by atoms with Gasteiger partial charge in [0.2, 0.25) is 0 Å². The molecule has 0 bridgehead atoms. The number of aromatic nitrogens is 2. The van der Waals surface area contributed by atoms with E-state index in [2.05, 4.69) is 103 Å². The third-order valence-corrected chi connectivity index (χ3v) is 10.4. The second-order valence-electron chi connectivity index (χ2n) is 13.9. The Morgan fingerprint density at radius 2 is 0.807 bits per heavy atom. The van der Waals surface area contributed by atoms with Gasteiger partial charge in [0.1, 0.15) is 22.2 Å². The third kappa shape index (κ3) is 5.77. The Morgan fingerprint density at radius 3 is 1.37 bits per heavy atom. The van der Waals surface area contributed by atoms with Crippen LogP contribution >= 0.6 is 0 Å². The summed E-state index contributed by atoms with van der Waals surface area (Å²) in [6.45, 7) is 0. The smallest absolute Gasteiger partial charge is 0.307 e. The average Bonchev–Trinajstić information content (AvgIpc) is 4.00. The molecule has 0 amide bonds. The predicted molar refractivity (Wildman–Crippen MR) is 229 cm³/mol. The Hall–Kier alpha value is -7.90. The van der Waals surface area contributed by atoms with E-state index in [-0.39, 0.29) is 0 Å². The van der Waals surface area contributed by atoms with Gasteiger partial charge in [-0.15, -0.1) is 0 Å². The molecule has 7 nitrogen and oxygen atoms in total. The minimum atomic E-state index is 0.512. The summed E-state index contributed by atoms with van der Waals surface area (Å²) in [5.41, 5.74) is 12.9. The van der Waals surface area contributed by atoms with E-state index in [0.29, 0.717) is 12.0 Å². The van der Waals surface area contributed by atoms with Gasteiger partial charge in [-0.1, -0.05) is 103 Å². The van der Waals surface area contributed by atoms with E-state index in [0.717, 1.165) is 89.1 Å². The quantitative estimate of drug-likeness (QED) is 0.154. The molecule has 3 aromatic heterocycles. The summed E-state index contributed by atoms with van der Waals surface area (Å²) in [5, 5.41) is 2.13. The lowest BCUT2D eigenvalue weighted by atomic mass is 9.97. The van der Waals surface area contributed by atoms with Gasteiger partial charge in [0, 0.05) is 10.8 Å². The second kappa shape index (κ2) is 13.4. The van der Waals surface area contributed by atoms with Gasteiger partial charge in [0.05, 0.1) is 22.7 Å². The topological polar surface area (TPSA) is 71.7 Å². The highest BCUT2D eigenvalue weighted by Crippen LogP contribution is 2.42. The fraction of sp³-hybridized carbons (Fsp3) is 0. The Kier molecular flexibility index (Phi) is 7.67. The van der Waals surface area contributed by atoms with Crippen molar-refractivity contribution in [2.75, 3.05) is 9.80 Å². The monoisotopic (exact) mass is 736 g/mol. The number of nitrogens with zero attached hydrogens (tertiary/aromatic N) is 4. The molecule has 3 heterocycles. The van der Waals surface area contributed by atoms with Crippen LogP contribution < -0.4 is 9.80 Å². The first-order valence-corrected chi connectivity index (χ1v) is 18.8. The summed E-state index contributed by atoms with van der Waals surface area (Å²) in [4.78, 5) is 13.7. The number of furan rings is 1. The molecule has 7 heteroatoms. The van der Waals surface area contributed by atoms with E-state index in [1.165, 1.54) is 0 Å². The van der Waals surface area contributed by atoms with E-state index in [9.17, 15) is 0 Å². The lowest BCUT2D eigenvalue weighted by Gasteiger charge is -2.21. The van der Waals surface area contributed by atoms with Crippen LogP contribution in [0.3, 0.4) is 0 Å². The first-order valence-electron chi connectivity index (χ1n) is 18.8. The molecule has 0 saturated heterocycles. The molecule has 57 heavy (non-hydrogen) atoms. The van der Waals surface area contributed by atoms with Crippen molar-refractivity contribution in [2.45, 2.75) is 0 Å². The summed E-state index contributed by atoms with van der Waals surface area (Å²) in [6.07, 6.45) is 0. The van der Waals surface area contributed by atoms with E-state index in [4.69, 9.17) is 23.2 Å². The van der Waals surface area contributed by atoms with Crippen LogP contribution in [0.15, 0.2) is 207 Å². The molecule has 0 aliphatic carbocycles. The first kappa shape index (κ1) is 32.5. The first-order chi connectivity index (χ1) is 28.2. The van der Waals surface area contributed by atoms with Gasteiger partial charge < -0.3 is 13.3 Å². The minimum Gasteiger partial charge on any atom is -0.456 e. The highest BCUT2D eigenvalue weighted by atomic mass is 16.4. The van der Waals surface area contributed by atoms with Crippen LogP contribution in [0.5, 0.6) is 0 Å². The normalized spacial score (nSPS) is 11.5. The molecule has 0 unspecified atom stereocenters. The molecule has 0 atom stereocenters. The summed E-state index contributed by atoms with van der Waals surface area (Å²) >= 11 is 0. The van der Waals surface area contributed by atoms with Gasteiger partial charge in [-0.3, -0.25) is 9.80 Å². The summed E-state index contributed by atoms with van der Waals surface area (Å²) < 4.78 is 18.9. The average molecular weight is 737 g/mol. The zero-order chi connectivity index (χ0) is 37.7. The second-order valence-corrected chi connectivity index (χ2v) is 13.9. The molecule has 11 rings (SSSR count). The number of hydrogen-bond acceptors (Lipinski definition) is 7. The van der Waals surface area contributed by atoms with Crippen molar-refractivity contribution in [3.8, 4) is 22.3 Å². The number of rotatable bonds is 8. The third-order valence-electron chi connectivity index (χ3n) is 10.4. The standard InChI is InChI=1S/C50H32N4O3/c1-3-12-36(13-4-1)53(49-51-42-17-7-9-19-45(42)56-49)38-27-22-33(23-28-38)35-26-31-44-41(32-35)48-40(16-11-21-47(48)55-44)34-24-29-39(30-25-34)54(37-14-5-2-6-15-37)50-52-43-18-8-10-20-46(43)57-50/h1-32H. The van der Waals surface area contributed by atoms with E-state index < -0.39 is 0 Å². The van der Waals surface area contributed by atoms with Crippen LogP contribution in [0.25, 0.3) is 66.4 Å². The lowest BCUT2D eigenvalue weighted by Crippen LogP contribution is -2.10. The number of benzene rings is 8. The zero-order valence-corrected chi connectivity index (χ0v) is 30.5. The van der Waals surface area contributed by atoms with Gasteiger partial charge in [-0.05, 0) is 113 Å². The molecular formula is C50H32N4O3. The number of fused-ring (bicyclic) bond motifs is 5. The van der Waals surface area contributed by atoms with Gasteiger partial charge in [-0.2, -0.15) is 9.97 Å². The molecule has 0 aliphatic heterocycles. The number of hydrogen-bond donors (Lipinski definition) is 0. The van der Waals surface area contributed by atoms with Gasteiger partial charge in [0.15, 0.2) is 11.2 Å². The molecule has 8 aromatic carbocycles. The molecule has 270 valence electrons. The Bertz CT molecular complexity index is 3120. The molecule has 0 saturated carbocycles. The summed E-state index contributed by atoms with van der Waals surface area (Å²) in [5.74, 6) is 0. The van der Waals surface area contributed by atoms with Crippen molar-refractivity contribution in [3.05, 3.63) is 194 Å². The van der Waals surface area contributed by atoms with Crippen molar-refractivity contribution >= 4 is 78.9 Å². The fourth-order valence-electron chi connectivity index (χ4n) is 7.65. The maximum atomic E-state index is 6.43. The number of para-hydroxylation sites is 6. The van der Waals surface area contributed by atoms with Gasteiger partial charge in [0.25, 0.3) is 0 Å². The van der Waals surface area contributed by atoms with Gasteiger partial charge >= 0.3 is 12.0 Å².